The maximum Gasteiger partial charge on any atom is 0.418 e. The number of hydrogen-bond acceptors (Lipinski definition) is 5. The molecule has 40 heavy (non-hydrogen) atoms. The highest BCUT2D eigenvalue weighted by Gasteiger charge is 2.36. The van der Waals surface area contributed by atoms with E-state index in [1.54, 1.807) is 12.4 Å². The Labute approximate surface area is 229 Å². The van der Waals surface area contributed by atoms with Crippen molar-refractivity contribution >= 4 is 5.52 Å². The summed E-state index contributed by atoms with van der Waals surface area (Å²) in [6.45, 7) is 2.93. The fourth-order valence-electron chi connectivity index (χ4n) is 6.15. The molecule has 8 nitrogen and oxygen atoms in total. The lowest BCUT2D eigenvalue weighted by Crippen LogP contribution is -2.26. The number of imidazole rings is 1. The first-order chi connectivity index (χ1) is 19.2. The van der Waals surface area contributed by atoms with E-state index in [0.29, 0.717) is 36.7 Å². The minimum absolute atomic E-state index is 0.0233. The van der Waals surface area contributed by atoms with Crippen molar-refractivity contribution in [2.45, 2.75) is 50.7 Å². The Morgan fingerprint density at radius 3 is 2.55 bits per heavy atom. The molecule has 3 atom stereocenters. The lowest BCUT2D eigenvalue weighted by atomic mass is 9.72. The molecule has 4 heterocycles. The minimum Gasteiger partial charge on any atom is -0.320 e. The van der Waals surface area contributed by atoms with Crippen LogP contribution in [0.2, 0.25) is 0 Å². The molecule has 2 aliphatic rings. The van der Waals surface area contributed by atoms with Gasteiger partial charge >= 0.3 is 11.9 Å². The van der Waals surface area contributed by atoms with E-state index in [1.165, 1.54) is 17.0 Å². The van der Waals surface area contributed by atoms with Gasteiger partial charge in [-0.2, -0.15) is 18.4 Å². The molecular formula is C29H30F3N7O. The number of benzene rings is 1. The van der Waals surface area contributed by atoms with E-state index < -0.39 is 17.4 Å². The average molecular weight is 550 g/mol. The smallest absolute Gasteiger partial charge is 0.320 e. The van der Waals surface area contributed by atoms with Crippen LogP contribution in [0.15, 0.2) is 53.8 Å². The first kappa shape index (κ1) is 26.3. The second-order valence-corrected chi connectivity index (χ2v) is 11.1. The Morgan fingerprint density at radius 1 is 1.12 bits per heavy atom. The van der Waals surface area contributed by atoms with Gasteiger partial charge in [-0.15, -0.1) is 10.2 Å². The van der Waals surface area contributed by atoms with E-state index in [1.807, 2.05) is 41.6 Å². The third kappa shape index (κ3) is 4.50. The summed E-state index contributed by atoms with van der Waals surface area (Å²) < 4.78 is 47.2. The zero-order valence-electron chi connectivity index (χ0n) is 22.3. The van der Waals surface area contributed by atoms with Crippen molar-refractivity contribution in [2.75, 3.05) is 13.1 Å². The van der Waals surface area contributed by atoms with Gasteiger partial charge in [0, 0.05) is 44.5 Å². The molecular weight excluding hydrogens is 519 g/mol. The summed E-state index contributed by atoms with van der Waals surface area (Å²) in [7, 11) is 1.90. The van der Waals surface area contributed by atoms with E-state index in [9.17, 15) is 23.2 Å². The second kappa shape index (κ2) is 9.93. The Morgan fingerprint density at radius 2 is 1.93 bits per heavy atom. The van der Waals surface area contributed by atoms with Crippen LogP contribution in [0, 0.1) is 23.2 Å². The number of fused-ring (bicyclic) bond motifs is 1. The molecule has 2 fully saturated rings. The van der Waals surface area contributed by atoms with Gasteiger partial charge in [-0.1, -0.05) is 18.6 Å². The molecule has 208 valence electrons. The van der Waals surface area contributed by atoms with Gasteiger partial charge in [0.2, 0.25) is 0 Å². The largest absolute Gasteiger partial charge is 0.418 e. The lowest BCUT2D eigenvalue weighted by molar-refractivity contribution is -0.136. The minimum atomic E-state index is -4.65. The second-order valence-electron chi connectivity index (χ2n) is 11.1. The molecule has 0 amide bonds. The number of nitriles is 1. The van der Waals surface area contributed by atoms with E-state index >= 15 is 0 Å². The van der Waals surface area contributed by atoms with Crippen molar-refractivity contribution in [1.29, 1.82) is 5.26 Å². The molecule has 11 heteroatoms. The Kier molecular flexibility index (Phi) is 6.53. The number of likely N-dealkylation sites (tertiary alicyclic amines) is 1. The van der Waals surface area contributed by atoms with Crippen LogP contribution >= 0.6 is 0 Å². The summed E-state index contributed by atoms with van der Waals surface area (Å²) in [6, 6.07) is 10.4. The molecule has 1 aliphatic carbocycles. The van der Waals surface area contributed by atoms with E-state index in [0.717, 1.165) is 41.1 Å². The number of alkyl halides is 3. The SMILES string of the molecule is C[C@@H](c1cc(C(F)(F)F)c2cn(-c3cccc([C@H](c4nncn4C)C4CCC4)c3)c(=O)n2c1)N1CC[C@H](C#N)C1. The van der Waals surface area contributed by atoms with Crippen LogP contribution < -0.4 is 5.69 Å². The van der Waals surface area contributed by atoms with Crippen LogP contribution in [0.3, 0.4) is 0 Å². The summed E-state index contributed by atoms with van der Waals surface area (Å²) in [5.41, 5.74) is 0.218. The van der Waals surface area contributed by atoms with Gasteiger partial charge in [-0.05, 0) is 61.4 Å². The number of pyridine rings is 1. The van der Waals surface area contributed by atoms with E-state index in [2.05, 4.69) is 16.3 Å². The number of aromatic nitrogens is 5. The van der Waals surface area contributed by atoms with Gasteiger partial charge in [-0.25, -0.2) is 4.79 Å². The molecule has 0 spiro atoms. The van der Waals surface area contributed by atoms with Gasteiger partial charge in [0.1, 0.15) is 12.2 Å². The number of nitrogens with zero attached hydrogens (tertiary/aromatic N) is 7. The highest BCUT2D eigenvalue weighted by molar-refractivity contribution is 5.58. The van der Waals surface area contributed by atoms with Crippen LogP contribution in [0.1, 0.15) is 67.1 Å². The van der Waals surface area contributed by atoms with Crippen LogP contribution in [-0.4, -0.2) is 41.7 Å². The van der Waals surface area contributed by atoms with Crippen LogP contribution in [0.4, 0.5) is 13.2 Å². The summed E-state index contributed by atoms with van der Waals surface area (Å²) in [5, 5.41) is 17.7. The fourth-order valence-corrected chi connectivity index (χ4v) is 6.15. The molecule has 0 bridgehead atoms. The van der Waals surface area contributed by atoms with Crippen molar-refractivity contribution < 1.29 is 13.2 Å². The first-order valence-electron chi connectivity index (χ1n) is 13.6. The van der Waals surface area contributed by atoms with Crippen molar-refractivity contribution in [3.05, 3.63) is 82.1 Å². The summed E-state index contributed by atoms with van der Waals surface area (Å²) in [5.74, 6) is 1.05. The maximum absolute atomic E-state index is 14.3. The molecule has 3 aromatic heterocycles. The predicted octanol–water partition coefficient (Wildman–Crippen LogP) is 5.08. The summed E-state index contributed by atoms with van der Waals surface area (Å²) in [6.07, 6.45) is 3.73. The standard InChI is InChI=1S/C29H30F3N7O/c1-18(37-10-9-19(13-33)14-37)22-12-24(29(30,31)32)25-16-38(28(40)39(25)15-22)23-8-4-7-21(11-23)26(20-5-3-6-20)27-35-34-17-36(27)2/h4,7-8,11-12,15-20,26H,3,5-6,9-10,14H2,1-2H3/t18-,19+,26+/m0/s1. The normalized spacial score (nSPS) is 19.9. The Bertz CT molecular complexity index is 1660. The molecule has 1 saturated heterocycles. The molecule has 1 saturated carbocycles. The molecule has 1 aromatic carbocycles. The number of halogens is 3. The number of aryl methyl sites for hydroxylation is 1. The van der Waals surface area contributed by atoms with Crippen LogP contribution in [-0.2, 0) is 13.2 Å². The van der Waals surface area contributed by atoms with E-state index in [-0.39, 0.29) is 23.4 Å². The lowest BCUT2D eigenvalue weighted by Gasteiger charge is -2.33. The fraction of sp³-hybridized carbons (Fsp3) is 0.448. The number of hydrogen-bond donors (Lipinski definition) is 0. The van der Waals surface area contributed by atoms with Crippen molar-refractivity contribution in [3.63, 3.8) is 0 Å². The van der Waals surface area contributed by atoms with E-state index in [4.69, 9.17) is 0 Å². The maximum atomic E-state index is 14.3. The van der Waals surface area contributed by atoms with Crippen molar-refractivity contribution in [3.8, 4) is 11.8 Å². The Hall–Kier alpha value is -3.91. The molecule has 1 aliphatic heterocycles. The zero-order chi connectivity index (χ0) is 28.2. The topological polar surface area (TPSA) is 84.2 Å². The van der Waals surface area contributed by atoms with Gasteiger partial charge in [0.25, 0.3) is 0 Å². The summed E-state index contributed by atoms with van der Waals surface area (Å²) >= 11 is 0. The quantitative estimate of drug-likeness (QED) is 0.335. The third-order valence-corrected chi connectivity index (χ3v) is 8.68. The molecule has 6 rings (SSSR count). The highest BCUT2D eigenvalue weighted by atomic mass is 19.4. The van der Waals surface area contributed by atoms with Crippen molar-refractivity contribution in [2.24, 2.45) is 18.9 Å². The number of rotatable bonds is 6. The third-order valence-electron chi connectivity index (χ3n) is 8.68. The molecule has 0 radical (unpaired) electrons. The first-order valence-corrected chi connectivity index (χ1v) is 13.6. The highest BCUT2D eigenvalue weighted by Crippen LogP contribution is 2.43. The average Bonchev–Trinajstić information content (AvgIpc) is 3.63. The molecule has 0 N–H and O–H groups in total. The van der Waals surface area contributed by atoms with Gasteiger partial charge in [0.15, 0.2) is 0 Å². The predicted molar refractivity (Wildman–Crippen MR) is 142 cm³/mol. The van der Waals surface area contributed by atoms with Gasteiger partial charge in [0.05, 0.1) is 28.8 Å². The van der Waals surface area contributed by atoms with Gasteiger partial charge < -0.3 is 4.57 Å². The van der Waals surface area contributed by atoms with Crippen molar-refractivity contribution in [1.82, 2.24) is 28.6 Å². The van der Waals surface area contributed by atoms with Crippen LogP contribution in [0.5, 0.6) is 0 Å². The Balaban J connectivity index is 1.44. The monoisotopic (exact) mass is 549 g/mol. The van der Waals surface area contributed by atoms with Crippen LogP contribution in [0.25, 0.3) is 11.2 Å². The summed E-state index contributed by atoms with van der Waals surface area (Å²) in [4.78, 5) is 15.6. The molecule has 4 aromatic rings. The zero-order valence-corrected chi connectivity index (χ0v) is 22.3. The van der Waals surface area contributed by atoms with Gasteiger partial charge in [-0.3, -0.25) is 13.9 Å². The molecule has 0 unspecified atom stereocenters.